The Kier molecular flexibility index (Phi) is 10.8. The molecule has 0 bridgehead atoms. The van der Waals surface area contributed by atoms with Gasteiger partial charge in [0.2, 0.25) is 0 Å². The van der Waals surface area contributed by atoms with Gasteiger partial charge in [-0.15, -0.1) is 0 Å². The second-order valence-electron chi connectivity index (χ2n) is 24.4. The summed E-state index contributed by atoms with van der Waals surface area (Å²) in [6, 6.07) is 115. The van der Waals surface area contributed by atoms with Gasteiger partial charge in [-0.2, -0.15) is 0 Å². The standard InChI is InChI=1S/C86H52N6/c1-3-21-60(22-4-1)89-74-32-11-7-26-64(74)70-49-55(38-44-78(70)89)57-40-46-80-72(51-57)66-28-9-13-34-76(66)91(80)62-42-36-54(37-43-62)86-87-84(83-68-30-16-18-53-19-17-31-69(82(53)68)85(83)88-86)59-20-15-25-63(48-59)92-77-35-14-10-29-67(77)73-52-58(41-47-81(73)92)56-39-45-79-71(50-56)65-27-8-12-33-75(65)90(79)61-23-5-2-6-24-61/h1-52H. The van der Waals surface area contributed by atoms with Crippen molar-refractivity contribution in [3.05, 3.63) is 315 Å². The van der Waals surface area contributed by atoms with Crippen LogP contribution in [0, 0.1) is 0 Å². The van der Waals surface area contributed by atoms with Crippen molar-refractivity contribution in [2.75, 3.05) is 0 Å². The minimum absolute atomic E-state index is 0.684. The molecule has 5 heterocycles. The Balaban J connectivity index is 0.688. The highest BCUT2D eigenvalue weighted by Crippen LogP contribution is 2.51. The summed E-state index contributed by atoms with van der Waals surface area (Å²) in [5.41, 5.74) is 25.8. The van der Waals surface area contributed by atoms with Crippen LogP contribution in [-0.2, 0) is 0 Å². The Labute approximate surface area is 528 Å². The monoisotopic (exact) mass is 1170 g/mol. The summed E-state index contributed by atoms with van der Waals surface area (Å²) in [7, 11) is 0. The Morgan fingerprint density at radius 2 is 0.554 bits per heavy atom. The number of rotatable bonds is 8. The Hall–Kier alpha value is -12.4. The van der Waals surface area contributed by atoms with Crippen molar-refractivity contribution < 1.29 is 0 Å². The largest absolute Gasteiger partial charge is 0.309 e. The van der Waals surface area contributed by atoms with Gasteiger partial charge in [0.1, 0.15) is 0 Å². The number of nitrogens with zero attached hydrogens (tertiary/aromatic N) is 6. The van der Waals surface area contributed by atoms with E-state index in [4.69, 9.17) is 9.97 Å². The van der Waals surface area contributed by atoms with Crippen LogP contribution in [0.4, 0.5) is 0 Å². The molecular formula is C86H52N6. The summed E-state index contributed by atoms with van der Waals surface area (Å²) >= 11 is 0. The van der Waals surface area contributed by atoms with Gasteiger partial charge >= 0.3 is 0 Å². The van der Waals surface area contributed by atoms with E-state index >= 15 is 0 Å². The second kappa shape index (κ2) is 19.6. The highest BCUT2D eigenvalue weighted by molar-refractivity contribution is 6.18. The van der Waals surface area contributed by atoms with E-state index in [1.807, 2.05) is 0 Å². The van der Waals surface area contributed by atoms with Gasteiger partial charge in [0.15, 0.2) is 5.82 Å². The molecule has 0 radical (unpaired) electrons. The maximum atomic E-state index is 5.66. The summed E-state index contributed by atoms with van der Waals surface area (Å²) in [6.07, 6.45) is 0. The third kappa shape index (κ3) is 7.43. The van der Waals surface area contributed by atoms with E-state index < -0.39 is 0 Å². The Morgan fingerprint density at radius 3 is 1.01 bits per heavy atom. The molecule has 6 heteroatoms. The van der Waals surface area contributed by atoms with Gasteiger partial charge in [-0.05, 0) is 172 Å². The molecule has 0 saturated carbocycles. The maximum absolute atomic E-state index is 5.66. The molecule has 5 aromatic heterocycles. The van der Waals surface area contributed by atoms with Crippen LogP contribution >= 0.6 is 0 Å². The van der Waals surface area contributed by atoms with Crippen molar-refractivity contribution in [3.63, 3.8) is 0 Å². The molecule has 14 aromatic carbocycles. The molecule has 0 amide bonds. The molecule has 0 saturated heterocycles. The SMILES string of the molecule is c1ccc(-n2c3ccccc3c3cc(-c4ccc5c(c4)c4ccccc4n5-c4ccc(-c5nc(-c6cccc(-n7c8ccccc8c8cc(-c9ccc%10c(c9)c9ccccc9n%10-c9ccccc9)ccc87)c6)c6c(n5)-c5cccc7cccc-6c57)cc4)ccc32)cc1. The zero-order valence-electron chi connectivity index (χ0n) is 49.7. The Bertz CT molecular complexity index is 6290. The first-order valence-electron chi connectivity index (χ1n) is 31.5. The van der Waals surface area contributed by atoms with E-state index in [9.17, 15) is 0 Å². The van der Waals surface area contributed by atoms with Crippen LogP contribution in [0.25, 0.3) is 188 Å². The summed E-state index contributed by atoms with van der Waals surface area (Å²) in [6.45, 7) is 0. The lowest BCUT2D eigenvalue weighted by Crippen LogP contribution is -2.00. The minimum atomic E-state index is 0.684. The van der Waals surface area contributed by atoms with Gasteiger partial charge in [0.05, 0.1) is 55.5 Å². The summed E-state index contributed by atoms with van der Waals surface area (Å²) in [5.74, 6) is 0.684. The number of para-hydroxylation sites is 6. The molecule has 6 nitrogen and oxygen atoms in total. The Morgan fingerprint density at radius 1 is 0.207 bits per heavy atom. The number of fused-ring (bicyclic) bond motifs is 15. The molecule has 0 unspecified atom stereocenters. The van der Waals surface area contributed by atoms with Crippen molar-refractivity contribution in [2.24, 2.45) is 0 Å². The normalized spacial score (nSPS) is 12.1. The van der Waals surface area contributed by atoms with E-state index in [0.29, 0.717) is 5.82 Å². The lowest BCUT2D eigenvalue weighted by molar-refractivity contribution is 1.16. The smallest absolute Gasteiger partial charge is 0.160 e. The number of aromatic nitrogens is 6. The number of hydrogen-bond acceptors (Lipinski definition) is 2. The van der Waals surface area contributed by atoms with E-state index in [1.54, 1.807) is 0 Å². The van der Waals surface area contributed by atoms with Crippen molar-refractivity contribution in [1.29, 1.82) is 0 Å². The fourth-order valence-corrected chi connectivity index (χ4v) is 15.4. The van der Waals surface area contributed by atoms with Gasteiger partial charge in [-0.25, -0.2) is 9.97 Å². The number of benzene rings is 14. The molecule has 0 aliphatic heterocycles. The molecule has 0 atom stereocenters. The topological polar surface area (TPSA) is 45.5 Å². The van der Waals surface area contributed by atoms with Gasteiger partial charge in [-0.1, -0.05) is 182 Å². The van der Waals surface area contributed by atoms with Crippen molar-refractivity contribution in [2.45, 2.75) is 0 Å². The van der Waals surface area contributed by atoms with E-state index in [-0.39, 0.29) is 0 Å². The quantitative estimate of drug-likeness (QED) is 0.152. The third-order valence-electron chi connectivity index (χ3n) is 19.5. The van der Waals surface area contributed by atoms with Gasteiger partial charge in [0, 0.05) is 88.1 Å². The first-order chi connectivity index (χ1) is 45.6. The average molecular weight is 1170 g/mol. The van der Waals surface area contributed by atoms with Crippen molar-refractivity contribution >= 4 is 98.0 Å². The lowest BCUT2D eigenvalue weighted by atomic mass is 9.99. The van der Waals surface area contributed by atoms with Gasteiger partial charge in [0.25, 0.3) is 0 Å². The van der Waals surface area contributed by atoms with Crippen LogP contribution in [-0.4, -0.2) is 28.2 Å². The third-order valence-corrected chi connectivity index (χ3v) is 19.5. The summed E-state index contributed by atoms with van der Waals surface area (Å²) < 4.78 is 9.57. The molecule has 1 aliphatic carbocycles. The number of hydrogen-bond donors (Lipinski definition) is 0. The molecule has 0 spiro atoms. The van der Waals surface area contributed by atoms with E-state index in [1.165, 1.54) is 98.2 Å². The first-order valence-corrected chi connectivity index (χ1v) is 31.5. The zero-order valence-corrected chi connectivity index (χ0v) is 49.7. The van der Waals surface area contributed by atoms with Crippen LogP contribution in [0.15, 0.2) is 315 Å². The predicted molar refractivity (Wildman–Crippen MR) is 383 cm³/mol. The van der Waals surface area contributed by atoms with Crippen LogP contribution in [0.2, 0.25) is 0 Å². The lowest BCUT2D eigenvalue weighted by Gasteiger charge is -2.15. The van der Waals surface area contributed by atoms with Crippen molar-refractivity contribution in [1.82, 2.24) is 28.2 Å². The average Bonchev–Trinajstić information content (AvgIpc) is 1.69. The maximum Gasteiger partial charge on any atom is 0.160 e. The molecule has 92 heavy (non-hydrogen) atoms. The highest BCUT2D eigenvalue weighted by atomic mass is 15.0. The van der Waals surface area contributed by atoms with E-state index in [2.05, 4.69) is 334 Å². The predicted octanol–water partition coefficient (Wildman–Crippen LogP) is 22.3. The highest BCUT2D eigenvalue weighted by Gasteiger charge is 2.29. The molecule has 426 valence electrons. The fourth-order valence-electron chi connectivity index (χ4n) is 15.4. The fraction of sp³-hybridized carbons (Fsp3) is 0. The van der Waals surface area contributed by atoms with Gasteiger partial charge in [-0.3, -0.25) is 0 Å². The molecule has 0 fully saturated rings. The molecule has 19 aromatic rings. The van der Waals surface area contributed by atoms with Crippen LogP contribution < -0.4 is 0 Å². The molecule has 1 aliphatic rings. The molecule has 20 rings (SSSR count). The van der Waals surface area contributed by atoms with E-state index in [0.717, 1.165) is 84.0 Å². The van der Waals surface area contributed by atoms with Crippen LogP contribution in [0.3, 0.4) is 0 Å². The zero-order chi connectivity index (χ0) is 60.1. The summed E-state index contributed by atoms with van der Waals surface area (Å²) in [4.78, 5) is 11.2. The molecule has 0 N–H and O–H groups in total. The van der Waals surface area contributed by atoms with Crippen LogP contribution in [0.1, 0.15) is 0 Å². The van der Waals surface area contributed by atoms with Crippen molar-refractivity contribution in [3.8, 4) is 90.0 Å². The first kappa shape index (κ1) is 50.6. The minimum Gasteiger partial charge on any atom is -0.309 e. The molecular weight excluding hydrogens is 1120 g/mol. The van der Waals surface area contributed by atoms with Gasteiger partial charge < -0.3 is 18.3 Å². The van der Waals surface area contributed by atoms with Crippen LogP contribution in [0.5, 0.6) is 0 Å². The second-order valence-corrected chi connectivity index (χ2v) is 24.4. The summed E-state index contributed by atoms with van der Waals surface area (Å²) in [5, 5.41) is 12.2.